The first kappa shape index (κ1) is 17.9. The Kier molecular flexibility index (Phi) is 4.48. The number of benzene rings is 2. The lowest BCUT2D eigenvalue weighted by molar-refractivity contribution is 0.00212. The van der Waals surface area contributed by atoms with Crippen LogP contribution in [0.2, 0.25) is 0 Å². The molecule has 3 aliphatic rings. The second-order valence-corrected chi connectivity index (χ2v) is 8.76. The van der Waals surface area contributed by atoms with Crippen LogP contribution in [0.25, 0.3) is 0 Å². The second-order valence-electron chi connectivity index (χ2n) is 8.76. The van der Waals surface area contributed by atoms with Crippen molar-refractivity contribution in [2.24, 2.45) is 11.8 Å². The summed E-state index contributed by atoms with van der Waals surface area (Å²) < 4.78 is 6.53. The number of ether oxygens (including phenoxy) is 1. The van der Waals surface area contributed by atoms with Crippen molar-refractivity contribution in [2.75, 3.05) is 19.6 Å². The lowest BCUT2D eigenvalue weighted by Crippen LogP contribution is -2.41. The Hall–Kier alpha value is -2.17. The SMILES string of the molecule is Cc1cccc(C(=O)NC[C@H]2[C@H]3CN(Cc4ccccc4)C[C@]34CC[C@H]2O4)c1. The van der Waals surface area contributed by atoms with Crippen LogP contribution in [0.4, 0.5) is 0 Å². The highest BCUT2D eigenvalue weighted by atomic mass is 16.5. The van der Waals surface area contributed by atoms with Crippen LogP contribution in [0.1, 0.15) is 34.3 Å². The number of carbonyl (C=O) groups is 1. The van der Waals surface area contributed by atoms with Crippen molar-refractivity contribution in [1.29, 1.82) is 0 Å². The van der Waals surface area contributed by atoms with Crippen molar-refractivity contribution in [2.45, 2.75) is 38.0 Å². The maximum Gasteiger partial charge on any atom is 0.251 e. The van der Waals surface area contributed by atoms with Gasteiger partial charge in [-0.05, 0) is 37.5 Å². The molecular weight excluding hydrogens is 348 g/mol. The van der Waals surface area contributed by atoms with Crippen LogP contribution in [-0.4, -0.2) is 42.1 Å². The molecule has 2 bridgehead atoms. The van der Waals surface area contributed by atoms with Crippen LogP contribution >= 0.6 is 0 Å². The number of nitrogens with one attached hydrogen (secondary N) is 1. The summed E-state index contributed by atoms with van der Waals surface area (Å²) in [5.74, 6) is 0.968. The van der Waals surface area contributed by atoms with Gasteiger partial charge in [0.1, 0.15) is 0 Å². The lowest BCUT2D eigenvalue weighted by Gasteiger charge is -2.29. The van der Waals surface area contributed by atoms with Crippen LogP contribution in [0, 0.1) is 18.8 Å². The van der Waals surface area contributed by atoms with E-state index in [1.165, 1.54) is 5.56 Å². The highest BCUT2D eigenvalue weighted by Crippen LogP contribution is 2.54. The predicted octanol–water partition coefficient (Wildman–Crippen LogP) is 3.40. The van der Waals surface area contributed by atoms with Gasteiger partial charge in [0.05, 0.1) is 11.7 Å². The number of likely N-dealkylation sites (tertiary alicyclic amines) is 1. The molecule has 0 unspecified atom stereocenters. The average molecular weight is 377 g/mol. The topological polar surface area (TPSA) is 41.6 Å². The van der Waals surface area contributed by atoms with E-state index in [1.807, 2.05) is 31.2 Å². The van der Waals surface area contributed by atoms with Crippen molar-refractivity contribution >= 4 is 5.91 Å². The molecule has 28 heavy (non-hydrogen) atoms. The van der Waals surface area contributed by atoms with Crippen LogP contribution in [-0.2, 0) is 11.3 Å². The lowest BCUT2D eigenvalue weighted by atomic mass is 9.73. The van der Waals surface area contributed by atoms with Crippen molar-refractivity contribution in [3.05, 3.63) is 71.3 Å². The van der Waals surface area contributed by atoms with Crippen molar-refractivity contribution in [1.82, 2.24) is 10.2 Å². The van der Waals surface area contributed by atoms with Crippen LogP contribution in [0.5, 0.6) is 0 Å². The fraction of sp³-hybridized carbons (Fsp3) is 0.458. The van der Waals surface area contributed by atoms with Gasteiger partial charge in [-0.25, -0.2) is 0 Å². The van der Waals surface area contributed by atoms with Crippen LogP contribution in [0.3, 0.4) is 0 Å². The number of carbonyl (C=O) groups excluding carboxylic acids is 1. The number of amides is 1. The van der Waals surface area contributed by atoms with Gasteiger partial charge in [-0.15, -0.1) is 0 Å². The molecule has 3 heterocycles. The summed E-state index contributed by atoms with van der Waals surface area (Å²) in [6.07, 6.45) is 2.60. The zero-order chi connectivity index (χ0) is 19.1. The van der Waals surface area contributed by atoms with Crippen molar-refractivity contribution in [3.63, 3.8) is 0 Å². The van der Waals surface area contributed by atoms with Crippen LogP contribution in [0.15, 0.2) is 54.6 Å². The van der Waals surface area contributed by atoms with Gasteiger partial charge >= 0.3 is 0 Å². The number of fused-ring (bicyclic) bond motifs is 1. The molecule has 4 nitrogen and oxygen atoms in total. The van der Waals surface area contributed by atoms with E-state index >= 15 is 0 Å². The molecule has 0 radical (unpaired) electrons. The van der Waals surface area contributed by atoms with Crippen molar-refractivity contribution in [3.8, 4) is 0 Å². The van der Waals surface area contributed by atoms with Gasteiger partial charge in [0, 0.05) is 43.6 Å². The molecule has 3 fully saturated rings. The molecule has 3 aliphatic heterocycles. The summed E-state index contributed by atoms with van der Waals surface area (Å²) in [6, 6.07) is 18.5. The van der Waals surface area contributed by atoms with Crippen molar-refractivity contribution < 1.29 is 9.53 Å². The molecule has 0 aromatic heterocycles. The van der Waals surface area contributed by atoms with Gasteiger partial charge < -0.3 is 10.1 Å². The average Bonchev–Trinajstić information content (AvgIpc) is 3.35. The molecule has 2 aromatic rings. The minimum atomic E-state index is 0.0121. The number of rotatable bonds is 5. The summed E-state index contributed by atoms with van der Waals surface area (Å²) in [4.78, 5) is 15.1. The van der Waals surface area contributed by atoms with E-state index in [1.54, 1.807) is 0 Å². The van der Waals surface area contributed by atoms with E-state index in [-0.39, 0.29) is 11.5 Å². The normalized spacial score (nSPS) is 31.1. The maximum absolute atomic E-state index is 12.6. The minimum Gasteiger partial charge on any atom is -0.370 e. The first-order valence-electron chi connectivity index (χ1n) is 10.4. The zero-order valence-electron chi connectivity index (χ0n) is 16.4. The number of hydrogen-bond acceptors (Lipinski definition) is 3. The molecule has 3 saturated heterocycles. The third-order valence-electron chi connectivity index (χ3n) is 6.88. The van der Waals surface area contributed by atoms with Crippen LogP contribution < -0.4 is 5.32 Å². The maximum atomic E-state index is 12.6. The summed E-state index contributed by atoms with van der Waals surface area (Å²) in [7, 11) is 0. The monoisotopic (exact) mass is 376 g/mol. The van der Waals surface area contributed by atoms with E-state index in [4.69, 9.17) is 4.74 Å². The third kappa shape index (κ3) is 3.15. The Morgan fingerprint density at radius 1 is 1.21 bits per heavy atom. The third-order valence-corrected chi connectivity index (χ3v) is 6.88. The molecule has 0 aliphatic carbocycles. The molecule has 4 heteroatoms. The molecule has 1 spiro atoms. The van der Waals surface area contributed by atoms with E-state index < -0.39 is 0 Å². The summed E-state index contributed by atoms with van der Waals surface area (Å²) in [5, 5.41) is 3.19. The Morgan fingerprint density at radius 2 is 2.07 bits per heavy atom. The zero-order valence-corrected chi connectivity index (χ0v) is 16.4. The Balaban J connectivity index is 1.25. The Bertz CT molecular complexity index is 868. The van der Waals surface area contributed by atoms with Gasteiger partial charge in [-0.1, -0.05) is 48.0 Å². The highest BCUT2D eigenvalue weighted by molar-refractivity contribution is 5.94. The first-order valence-corrected chi connectivity index (χ1v) is 10.4. The molecule has 0 saturated carbocycles. The fourth-order valence-corrected chi connectivity index (χ4v) is 5.62. The minimum absolute atomic E-state index is 0.0121. The molecule has 5 rings (SSSR count). The number of hydrogen-bond donors (Lipinski definition) is 1. The Morgan fingerprint density at radius 3 is 2.89 bits per heavy atom. The van der Waals surface area contributed by atoms with Gasteiger partial charge in [-0.3, -0.25) is 9.69 Å². The standard InChI is InChI=1S/C24H28N2O2/c1-17-6-5-9-19(12-17)23(27)25-13-20-21-15-26(14-18-7-3-2-4-8-18)16-24(21)11-10-22(20)28-24/h2-9,12,20-22H,10-11,13-16H2,1H3,(H,25,27)/t20-,21+,22+,24+/m0/s1. The van der Waals surface area contributed by atoms with E-state index in [0.717, 1.165) is 43.6 Å². The Labute approximate surface area is 166 Å². The summed E-state index contributed by atoms with van der Waals surface area (Å²) in [6.45, 7) is 5.80. The van der Waals surface area contributed by atoms with E-state index in [2.05, 4.69) is 40.5 Å². The highest BCUT2D eigenvalue weighted by Gasteiger charge is 2.62. The van der Waals surface area contributed by atoms with E-state index in [9.17, 15) is 4.79 Å². The molecule has 1 amide bonds. The molecule has 146 valence electrons. The van der Waals surface area contributed by atoms with Gasteiger partial charge in [0.25, 0.3) is 5.91 Å². The smallest absolute Gasteiger partial charge is 0.251 e. The quantitative estimate of drug-likeness (QED) is 0.870. The molecule has 1 N–H and O–H groups in total. The molecular formula is C24H28N2O2. The molecule has 2 aromatic carbocycles. The summed E-state index contributed by atoms with van der Waals surface area (Å²) >= 11 is 0. The predicted molar refractivity (Wildman–Crippen MR) is 109 cm³/mol. The number of nitrogens with zero attached hydrogens (tertiary/aromatic N) is 1. The largest absolute Gasteiger partial charge is 0.370 e. The number of aryl methyl sites for hydroxylation is 1. The summed E-state index contributed by atoms with van der Waals surface area (Å²) in [5.41, 5.74) is 3.23. The van der Waals surface area contributed by atoms with Gasteiger partial charge in [0.15, 0.2) is 0 Å². The first-order chi connectivity index (χ1) is 13.6. The fourth-order valence-electron chi connectivity index (χ4n) is 5.62. The van der Waals surface area contributed by atoms with Gasteiger partial charge in [-0.2, -0.15) is 0 Å². The second kappa shape index (κ2) is 7.02. The van der Waals surface area contributed by atoms with E-state index in [0.29, 0.717) is 24.5 Å². The van der Waals surface area contributed by atoms with Gasteiger partial charge in [0.2, 0.25) is 0 Å². The molecule has 4 atom stereocenters.